The van der Waals surface area contributed by atoms with Gasteiger partial charge in [-0.2, -0.15) is 13.2 Å². The molecule has 1 aromatic carbocycles. The van der Waals surface area contributed by atoms with Crippen molar-refractivity contribution in [3.05, 3.63) is 57.7 Å². The number of aryl methyl sites for hydroxylation is 1. The summed E-state index contributed by atoms with van der Waals surface area (Å²) < 4.78 is 41.2. The molecule has 1 saturated heterocycles. The molecule has 1 fully saturated rings. The van der Waals surface area contributed by atoms with Crippen LogP contribution in [0.2, 0.25) is 5.02 Å². The van der Waals surface area contributed by atoms with Gasteiger partial charge >= 0.3 is 6.18 Å². The molecule has 0 radical (unpaired) electrons. The molecule has 1 amide bonds. The first kappa shape index (κ1) is 17.6. The molecule has 0 bridgehead atoms. The third kappa shape index (κ3) is 3.91. The monoisotopic (exact) mass is 385 g/mol. The number of aromatic nitrogens is 1. The van der Waals surface area contributed by atoms with E-state index >= 15 is 0 Å². The van der Waals surface area contributed by atoms with E-state index in [9.17, 15) is 18.0 Å². The zero-order valence-electron chi connectivity index (χ0n) is 12.8. The number of benzene rings is 1. The molecule has 0 unspecified atom stereocenters. The Hall–Kier alpha value is -2.19. The van der Waals surface area contributed by atoms with Gasteiger partial charge in [0.05, 0.1) is 16.2 Å². The van der Waals surface area contributed by atoms with Gasteiger partial charge in [0, 0.05) is 24.0 Å². The molecule has 1 aliphatic rings. The van der Waals surface area contributed by atoms with Crippen LogP contribution in [0.1, 0.15) is 11.3 Å². The summed E-state index contributed by atoms with van der Waals surface area (Å²) in [5.74, 6) is -0.410. The molecule has 1 aromatic heterocycles. The fourth-order valence-corrected chi connectivity index (χ4v) is 3.17. The maximum atomic E-state index is 13.1. The summed E-state index contributed by atoms with van der Waals surface area (Å²) in [6, 6.07) is 6.93. The topological polar surface area (TPSA) is 46.4 Å². The van der Waals surface area contributed by atoms with E-state index in [2.05, 4.69) is 10.3 Å². The van der Waals surface area contributed by atoms with Crippen molar-refractivity contribution in [1.29, 1.82) is 0 Å². The highest BCUT2D eigenvalue weighted by Crippen LogP contribution is 2.39. The second-order valence-electron chi connectivity index (χ2n) is 5.18. The summed E-state index contributed by atoms with van der Waals surface area (Å²) in [6.45, 7) is 0. The molecular weight excluding hydrogens is 375 g/mol. The molecule has 1 aliphatic heterocycles. The van der Waals surface area contributed by atoms with Gasteiger partial charge in [0.15, 0.2) is 5.17 Å². The summed E-state index contributed by atoms with van der Waals surface area (Å²) in [5, 5.41) is 2.52. The van der Waals surface area contributed by atoms with E-state index in [0.717, 1.165) is 23.5 Å². The van der Waals surface area contributed by atoms with Gasteiger partial charge in [-0.3, -0.25) is 4.79 Å². The van der Waals surface area contributed by atoms with Crippen molar-refractivity contribution in [2.75, 3.05) is 0 Å². The van der Waals surface area contributed by atoms with E-state index in [-0.39, 0.29) is 15.9 Å². The Morgan fingerprint density at radius 3 is 2.72 bits per heavy atom. The summed E-state index contributed by atoms with van der Waals surface area (Å²) >= 11 is 6.63. The first-order valence-electron chi connectivity index (χ1n) is 7.02. The van der Waals surface area contributed by atoms with Crippen LogP contribution in [-0.2, 0) is 18.0 Å². The van der Waals surface area contributed by atoms with Crippen LogP contribution in [0.4, 0.5) is 18.9 Å². The normalized spacial score (nSPS) is 18.2. The average Bonchev–Trinajstić information content (AvgIpc) is 3.07. The average molecular weight is 386 g/mol. The third-order valence-corrected chi connectivity index (χ3v) is 4.54. The van der Waals surface area contributed by atoms with E-state index in [1.165, 1.54) is 12.1 Å². The van der Waals surface area contributed by atoms with Gasteiger partial charge < -0.3 is 9.88 Å². The number of rotatable bonds is 2. The first-order chi connectivity index (χ1) is 11.7. The fourth-order valence-electron chi connectivity index (χ4n) is 2.18. The van der Waals surface area contributed by atoms with Crippen LogP contribution in [0, 0.1) is 0 Å². The van der Waals surface area contributed by atoms with Crippen LogP contribution in [0.3, 0.4) is 0 Å². The van der Waals surface area contributed by atoms with E-state index in [1.807, 2.05) is 29.9 Å². The van der Waals surface area contributed by atoms with Crippen molar-refractivity contribution in [3.8, 4) is 0 Å². The number of nitrogens with one attached hydrogen (secondary N) is 1. The van der Waals surface area contributed by atoms with Crippen LogP contribution in [0.15, 0.2) is 46.4 Å². The maximum absolute atomic E-state index is 13.1. The van der Waals surface area contributed by atoms with E-state index in [4.69, 9.17) is 11.6 Å². The van der Waals surface area contributed by atoms with Crippen LogP contribution < -0.4 is 5.32 Å². The standard InChI is InChI=1S/C16H11ClF3N3OS/c1-23-6-2-3-10(23)8-13-14(24)22-15(25-13)21-12-5-4-9(17)7-11(12)16(18,19)20/h2-8H,1H3,(H,21,22,24). The summed E-state index contributed by atoms with van der Waals surface area (Å²) in [4.78, 5) is 16.3. The largest absolute Gasteiger partial charge is 0.418 e. The minimum Gasteiger partial charge on any atom is -0.351 e. The molecule has 0 aliphatic carbocycles. The molecule has 9 heteroatoms. The molecule has 0 saturated carbocycles. The van der Waals surface area contributed by atoms with Crippen molar-refractivity contribution in [2.24, 2.45) is 12.0 Å². The number of nitrogens with zero attached hydrogens (tertiary/aromatic N) is 2. The SMILES string of the molecule is Cn1cccc1C=C1SC(=Nc2ccc(Cl)cc2C(F)(F)F)NC1=O. The Morgan fingerprint density at radius 2 is 2.08 bits per heavy atom. The number of amides is 1. The molecule has 0 atom stereocenters. The van der Waals surface area contributed by atoms with Gasteiger partial charge in [-0.1, -0.05) is 11.6 Å². The number of hydrogen-bond donors (Lipinski definition) is 1. The van der Waals surface area contributed by atoms with Crippen LogP contribution in [-0.4, -0.2) is 15.6 Å². The van der Waals surface area contributed by atoms with Crippen LogP contribution in [0.5, 0.6) is 0 Å². The lowest BCUT2D eigenvalue weighted by Crippen LogP contribution is -2.19. The highest BCUT2D eigenvalue weighted by Gasteiger charge is 2.34. The second-order valence-corrected chi connectivity index (χ2v) is 6.65. The number of carbonyl (C=O) groups is 1. The van der Waals surface area contributed by atoms with Gasteiger partial charge in [-0.05, 0) is 48.2 Å². The number of aliphatic imine (C=N–C) groups is 1. The Balaban J connectivity index is 1.93. The number of amidine groups is 1. The zero-order chi connectivity index (χ0) is 18.2. The van der Waals surface area contributed by atoms with Crippen molar-refractivity contribution < 1.29 is 18.0 Å². The predicted octanol–water partition coefficient (Wildman–Crippen LogP) is 4.59. The lowest BCUT2D eigenvalue weighted by atomic mass is 10.2. The molecule has 3 rings (SSSR count). The summed E-state index contributed by atoms with van der Waals surface area (Å²) in [7, 11) is 1.82. The highest BCUT2D eigenvalue weighted by atomic mass is 35.5. The first-order valence-corrected chi connectivity index (χ1v) is 8.21. The van der Waals surface area contributed by atoms with Gasteiger partial charge in [-0.15, -0.1) is 0 Å². The van der Waals surface area contributed by atoms with Crippen LogP contribution >= 0.6 is 23.4 Å². The number of thioether (sulfide) groups is 1. The molecule has 0 spiro atoms. The molecular formula is C16H11ClF3N3OS. The Bertz CT molecular complexity index is 902. The minimum absolute atomic E-state index is 0.0383. The molecule has 4 nitrogen and oxygen atoms in total. The van der Waals surface area contributed by atoms with Crippen LogP contribution in [0.25, 0.3) is 6.08 Å². The number of hydrogen-bond acceptors (Lipinski definition) is 3. The van der Waals surface area contributed by atoms with Crippen molar-refractivity contribution >= 4 is 46.2 Å². The highest BCUT2D eigenvalue weighted by molar-refractivity contribution is 8.18. The number of carbonyl (C=O) groups excluding carboxylic acids is 1. The minimum atomic E-state index is -4.60. The Labute approximate surface area is 150 Å². The Kier molecular flexibility index (Phi) is 4.66. The van der Waals surface area contributed by atoms with Crippen molar-refractivity contribution in [1.82, 2.24) is 9.88 Å². The molecule has 25 heavy (non-hydrogen) atoms. The van der Waals surface area contributed by atoms with E-state index in [0.29, 0.717) is 4.91 Å². The number of halogens is 4. The molecule has 2 heterocycles. The quantitative estimate of drug-likeness (QED) is 0.768. The molecule has 130 valence electrons. The predicted molar refractivity (Wildman–Crippen MR) is 92.7 cm³/mol. The maximum Gasteiger partial charge on any atom is 0.418 e. The molecule has 1 N–H and O–H groups in total. The van der Waals surface area contributed by atoms with Crippen molar-refractivity contribution in [2.45, 2.75) is 6.18 Å². The summed E-state index contributed by atoms with van der Waals surface area (Å²) in [5.41, 5.74) is -0.469. The lowest BCUT2D eigenvalue weighted by Gasteiger charge is -2.10. The van der Waals surface area contributed by atoms with E-state index in [1.54, 1.807) is 6.08 Å². The summed E-state index contributed by atoms with van der Waals surface area (Å²) in [6.07, 6.45) is -1.13. The van der Waals surface area contributed by atoms with Gasteiger partial charge in [0.1, 0.15) is 0 Å². The fraction of sp³-hybridized carbons (Fsp3) is 0.125. The van der Waals surface area contributed by atoms with Crippen molar-refractivity contribution in [3.63, 3.8) is 0 Å². The van der Waals surface area contributed by atoms with E-state index < -0.39 is 17.6 Å². The Morgan fingerprint density at radius 1 is 1.32 bits per heavy atom. The number of alkyl halides is 3. The second kappa shape index (κ2) is 6.61. The lowest BCUT2D eigenvalue weighted by molar-refractivity contribution is -0.137. The van der Waals surface area contributed by atoms with Gasteiger partial charge in [0.25, 0.3) is 5.91 Å². The smallest absolute Gasteiger partial charge is 0.351 e. The zero-order valence-corrected chi connectivity index (χ0v) is 14.3. The molecule has 2 aromatic rings. The van der Waals surface area contributed by atoms with Gasteiger partial charge in [0.2, 0.25) is 0 Å². The third-order valence-electron chi connectivity index (χ3n) is 3.40. The van der Waals surface area contributed by atoms with Gasteiger partial charge in [-0.25, -0.2) is 4.99 Å².